The molecule has 1 fully saturated rings. The van der Waals surface area contributed by atoms with Crippen molar-refractivity contribution in [3.8, 4) is 0 Å². The van der Waals surface area contributed by atoms with Crippen LogP contribution in [0.3, 0.4) is 0 Å². The predicted octanol–water partition coefficient (Wildman–Crippen LogP) is 2.55. The Balaban J connectivity index is 2.44. The highest BCUT2D eigenvalue weighted by molar-refractivity contribution is 7.99. The summed E-state index contributed by atoms with van der Waals surface area (Å²) < 4.78 is 0. The van der Waals surface area contributed by atoms with Crippen LogP contribution in [0, 0.1) is 5.41 Å². The summed E-state index contributed by atoms with van der Waals surface area (Å²) in [5.41, 5.74) is 0.0791. The lowest BCUT2D eigenvalue weighted by Gasteiger charge is -2.33. The molecule has 5 heteroatoms. The predicted molar refractivity (Wildman–Crippen MR) is 88.4 cm³/mol. The zero-order chi connectivity index (χ0) is 15.2. The highest BCUT2D eigenvalue weighted by Crippen LogP contribution is 2.22. The Morgan fingerprint density at radius 3 is 2.40 bits per heavy atom. The number of hydrogen-bond acceptors (Lipinski definition) is 3. The molecule has 4 nitrogen and oxygen atoms in total. The molecule has 1 rings (SSSR count). The molecule has 0 aliphatic carbocycles. The quantitative estimate of drug-likeness (QED) is 0.820. The van der Waals surface area contributed by atoms with E-state index in [4.69, 9.17) is 0 Å². The van der Waals surface area contributed by atoms with Gasteiger partial charge in [-0.15, -0.1) is 0 Å². The topological polar surface area (TPSA) is 44.4 Å². The van der Waals surface area contributed by atoms with Crippen LogP contribution >= 0.6 is 11.8 Å². The molecule has 20 heavy (non-hydrogen) atoms. The normalized spacial score (nSPS) is 18.9. The second-order valence-corrected chi connectivity index (χ2v) is 8.24. The van der Waals surface area contributed by atoms with Crippen molar-refractivity contribution >= 4 is 17.8 Å². The van der Waals surface area contributed by atoms with Crippen molar-refractivity contribution in [3.63, 3.8) is 0 Å². The molecule has 1 aliphatic heterocycles. The Morgan fingerprint density at radius 1 is 1.30 bits per heavy atom. The molecule has 0 saturated carbocycles. The van der Waals surface area contributed by atoms with Gasteiger partial charge in [0.15, 0.2) is 0 Å². The first kappa shape index (κ1) is 17.6. The summed E-state index contributed by atoms with van der Waals surface area (Å²) in [4.78, 5) is 14.3. The van der Waals surface area contributed by atoms with Crippen molar-refractivity contribution < 1.29 is 4.79 Å². The summed E-state index contributed by atoms with van der Waals surface area (Å²) in [6.45, 7) is 7.54. The van der Waals surface area contributed by atoms with Gasteiger partial charge in [-0.05, 0) is 56.8 Å². The van der Waals surface area contributed by atoms with Crippen molar-refractivity contribution in [2.24, 2.45) is 5.41 Å². The maximum atomic E-state index is 12.2. The van der Waals surface area contributed by atoms with Crippen molar-refractivity contribution in [2.45, 2.75) is 52.1 Å². The lowest BCUT2D eigenvalue weighted by Crippen LogP contribution is -2.51. The van der Waals surface area contributed by atoms with Crippen LogP contribution in [0.25, 0.3) is 0 Å². The first-order valence-electron chi connectivity index (χ1n) is 7.58. The van der Waals surface area contributed by atoms with Crippen molar-refractivity contribution in [1.29, 1.82) is 0 Å². The first-order valence-corrected chi connectivity index (χ1v) is 8.74. The lowest BCUT2D eigenvalue weighted by atomic mass is 9.84. The van der Waals surface area contributed by atoms with Gasteiger partial charge in [0.1, 0.15) is 0 Å². The maximum Gasteiger partial charge on any atom is 0.315 e. The molecular formula is C15H31N3OS. The fraction of sp³-hybridized carbons (Fsp3) is 0.933. The summed E-state index contributed by atoms with van der Waals surface area (Å²) in [6, 6.07) is 0.550. The van der Waals surface area contributed by atoms with Crippen LogP contribution in [0.4, 0.5) is 4.79 Å². The van der Waals surface area contributed by atoms with Crippen LogP contribution in [0.1, 0.15) is 40.0 Å². The zero-order valence-electron chi connectivity index (χ0n) is 13.7. The number of urea groups is 1. The van der Waals surface area contributed by atoms with E-state index in [0.717, 1.165) is 37.3 Å². The third-order valence-corrected chi connectivity index (χ3v) is 4.82. The van der Waals surface area contributed by atoms with E-state index in [1.54, 1.807) is 0 Å². The number of nitrogens with zero attached hydrogens (tertiary/aromatic N) is 1. The highest BCUT2D eigenvalue weighted by atomic mass is 32.2. The Hall–Kier alpha value is -0.420. The third-order valence-electron chi connectivity index (χ3n) is 3.77. The van der Waals surface area contributed by atoms with Crippen LogP contribution in [0.2, 0.25) is 0 Å². The largest absolute Gasteiger partial charge is 0.335 e. The zero-order valence-corrected chi connectivity index (χ0v) is 14.5. The van der Waals surface area contributed by atoms with E-state index in [1.165, 1.54) is 0 Å². The molecule has 2 amide bonds. The smallest absolute Gasteiger partial charge is 0.315 e. The van der Waals surface area contributed by atoms with Gasteiger partial charge >= 0.3 is 6.03 Å². The summed E-state index contributed by atoms with van der Waals surface area (Å²) in [5, 5.41) is 6.31. The van der Waals surface area contributed by atoms with Crippen LogP contribution in [0.15, 0.2) is 0 Å². The molecule has 118 valence electrons. The summed E-state index contributed by atoms with van der Waals surface area (Å²) in [5.74, 6) is 2.32. The van der Waals surface area contributed by atoms with Gasteiger partial charge in [0, 0.05) is 12.1 Å². The maximum absolute atomic E-state index is 12.2. The van der Waals surface area contributed by atoms with E-state index < -0.39 is 0 Å². The van der Waals surface area contributed by atoms with Crippen LogP contribution in [-0.2, 0) is 0 Å². The molecule has 0 aromatic rings. The summed E-state index contributed by atoms with van der Waals surface area (Å²) in [7, 11) is 4.14. The Kier molecular flexibility index (Phi) is 7.17. The highest BCUT2D eigenvalue weighted by Gasteiger charge is 2.27. The molecule has 1 unspecified atom stereocenters. The van der Waals surface area contributed by atoms with Gasteiger partial charge in [-0.3, -0.25) is 0 Å². The third kappa shape index (κ3) is 6.84. The van der Waals surface area contributed by atoms with Crippen molar-refractivity contribution in [1.82, 2.24) is 15.5 Å². The Labute approximate surface area is 128 Å². The second-order valence-electron chi connectivity index (χ2n) is 7.02. The minimum atomic E-state index is 0.000538. The molecule has 0 spiro atoms. The van der Waals surface area contributed by atoms with E-state index in [9.17, 15) is 4.79 Å². The number of hydrogen-bond donors (Lipinski definition) is 2. The molecule has 1 heterocycles. The van der Waals surface area contributed by atoms with Gasteiger partial charge < -0.3 is 15.5 Å². The van der Waals surface area contributed by atoms with Gasteiger partial charge in [-0.2, -0.15) is 11.8 Å². The summed E-state index contributed by atoms with van der Waals surface area (Å²) in [6.07, 6.45) is 3.16. The fourth-order valence-electron chi connectivity index (χ4n) is 2.34. The number of carbonyl (C=O) groups excluding carboxylic acids is 1. The molecule has 1 aliphatic rings. The molecule has 2 N–H and O–H groups in total. The number of thioether (sulfide) groups is 1. The number of amides is 2. The number of rotatable bonds is 5. The standard InChI is InChI=1S/C15H31N3OS/c1-15(2,3)13(6-9-18(4)5)17-14(19)16-12-7-10-20-11-8-12/h12-13H,6-11H2,1-5H3,(H2,16,17,19). The minimum Gasteiger partial charge on any atom is -0.335 e. The lowest BCUT2D eigenvalue weighted by molar-refractivity contribution is 0.203. The molecular weight excluding hydrogens is 270 g/mol. The van der Waals surface area contributed by atoms with Gasteiger partial charge in [-0.25, -0.2) is 4.79 Å². The van der Waals surface area contributed by atoms with Crippen molar-refractivity contribution in [2.75, 3.05) is 32.1 Å². The molecule has 0 radical (unpaired) electrons. The monoisotopic (exact) mass is 301 g/mol. The first-order chi connectivity index (χ1) is 9.29. The average Bonchev–Trinajstić information content (AvgIpc) is 2.34. The molecule has 0 bridgehead atoms. The average molecular weight is 302 g/mol. The van der Waals surface area contributed by atoms with Gasteiger partial charge in [0.05, 0.1) is 0 Å². The van der Waals surface area contributed by atoms with Gasteiger partial charge in [0.2, 0.25) is 0 Å². The fourth-order valence-corrected chi connectivity index (χ4v) is 3.44. The van der Waals surface area contributed by atoms with Gasteiger partial charge in [-0.1, -0.05) is 20.8 Å². The van der Waals surface area contributed by atoms with Gasteiger partial charge in [0.25, 0.3) is 0 Å². The molecule has 1 atom stereocenters. The second kappa shape index (κ2) is 8.13. The van der Waals surface area contributed by atoms with Crippen molar-refractivity contribution in [3.05, 3.63) is 0 Å². The van der Waals surface area contributed by atoms with Crippen LogP contribution in [-0.4, -0.2) is 55.2 Å². The molecule has 0 aromatic carbocycles. The van der Waals surface area contributed by atoms with E-state index in [1.807, 2.05) is 11.8 Å². The number of nitrogens with one attached hydrogen (secondary N) is 2. The summed E-state index contributed by atoms with van der Waals surface area (Å²) >= 11 is 1.98. The van der Waals surface area contributed by atoms with E-state index in [0.29, 0.717) is 6.04 Å². The van der Waals surface area contributed by atoms with E-state index in [2.05, 4.69) is 50.4 Å². The van der Waals surface area contributed by atoms with E-state index in [-0.39, 0.29) is 17.5 Å². The Bertz CT molecular complexity index is 296. The minimum absolute atomic E-state index is 0.000538. The Morgan fingerprint density at radius 2 is 1.90 bits per heavy atom. The van der Waals surface area contributed by atoms with Crippen LogP contribution in [0.5, 0.6) is 0 Å². The van der Waals surface area contributed by atoms with Crippen LogP contribution < -0.4 is 10.6 Å². The SMILES string of the molecule is CN(C)CCC(NC(=O)NC1CCSCC1)C(C)(C)C. The molecule has 0 aromatic heterocycles. The van der Waals surface area contributed by atoms with E-state index >= 15 is 0 Å². The number of carbonyl (C=O) groups is 1. The molecule has 1 saturated heterocycles.